The summed E-state index contributed by atoms with van der Waals surface area (Å²) < 4.78 is 10.7. The van der Waals surface area contributed by atoms with Crippen LogP contribution >= 0.6 is 0 Å². The minimum atomic E-state index is -0.250. The Balaban J connectivity index is 1.79. The van der Waals surface area contributed by atoms with Crippen LogP contribution in [-0.4, -0.2) is 16.0 Å². The average Bonchev–Trinajstić information content (AvgIpc) is 3.28. The summed E-state index contributed by atoms with van der Waals surface area (Å²) in [5, 5.41) is 7.49. The van der Waals surface area contributed by atoms with E-state index >= 15 is 0 Å². The summed E-state index contributed by atoms with van der Waals surface area (Å²) >= 11 is 0. The molecule has 4 rings (SSSR count). The van der Waals surface area contributed by atoms with Crippen molar-refractivity contribution in [2.45, 2.75) is 20.8 Å². The predicted molar refractivity (Wildman–Crippen MR) is 98.1 cm³/mol. The number of aromatic nitrogens is 2. The maximum absolute atomic E-state index is 13.0. The largest absolute Gasteiger partial charge is 0.463 e. The quantitative estimate of drug-likeness (QED) is 0.583. The monoisotopic (exact) mass is 347 g/mol. The van der Waals surface area contributed by atoms with Crippen molar-refractivity contribution in [1.82, 2.24) is 10.1 Å². The molecular formula is C20H17N3O3. The number of carbonyl (C=O) groups excluding carboxylic acids is 1. The Hall–Kier alpha value is -3.41. The highest BCUT2D eigenvalue weighted by atomic mass is 16.5. The fourth-order valence-corrected chi connectivity index (χ4v) is 2.84. The van der Waals surface area contributed by atoms with E-state index in [9.17, 15) is 4.79 Å². The SMILES string of the molecule is Cc1ccc(NC(=O)c2cc(-c3ccco3)nc3onc(C)c23)cc1C. The van der Waals surface area contributed by atoms with Gasteiger partial charge in [-0.2, -0.15) is 0 Å². The molecule has 6 nitrogen and oxygen atoms in total. The molecule has 1 amide bonds. The fourth-order valence-electron chi connectivity index (χ4n) is 2.84. The molecule has 0 unspecified atom stereocenters. The second-order valence-corrected chi connectivity index (χ2v) is 6.23. The number of furan rings is 1. The molecule has 1 aromatic carbocycles. The number of nitrogens with zero attached hydrogens (tertiary/aromatic N) is 2. The molecule has 26 heavy (non-hydrogen) atoms. The number of nitrogens with one attached hydrogen (secondary N) is 1. The van der Waals surface area contributed by atoms with Crippen LogP contribution in [0.1, 0.15) is 27.2 Å². The van der Waals surface area contributed by atoms with Gasteiger partial charge in [0.05, 0.1) is 22.9 Å². The van der Waals surface area contributed by atoms with Crippen molar-refractivity contribution in [3.63, 3.8) is 0 Å². The van der Waals surface area contributed by atoms with Gasteiger partial charge in [0.25, 0.3) is 11.6 Å². The second-order valence-electron chi connectivity index (χ2n) is 6.23. The Morgan fingerprint density at radius 3 is 2.65 bits per heavy atom. The first-order valence-electron chi connectivity index (χ1n) is 8.22. The van der Waals surface area contributed by atoms with Crippen molar-refractivity contribution in [3.8, 4) is 11.5 Å². The van der Waals surface area contributed by atoms with E-state index in [2.05, 4.69) is 15.5 Å². The first-order chi connectivity index (χ1) is 12.5. The minimum Gasteiger partial charge on any atom is -0.463 e. The summed E-state index contributed by atoms with van der Waals surface area (Å²) in [5.41, 5.74) is 4.90. The Morgan fingerprint density at radius 2 is 1.92 bits per heavy atom. The predicted octanol–water partition coefficient (Wildman–Crippen LogP) is 4.66. The van der Waals surface area contributed by atoms with Gasteiger partial charge in [0.15, 0.2) is 5.76 Å². The summed E-state index contributed by atoms with van der Waals surface area (Å²) in [6.45, 7) is 5.82. The highest BCUT2D eigenvalue weighted by molar-refractivity contribution is 6.13. The van der Waals surface area contributed by atoms with E-state index in [1.54, 1.807) is 31.4 Å². The smallest absolute Gasteiger partial charge is 0.259 e. The van der Waals surface area contributed by atoms with Crippen molar-refractivity contribution < 1.29 is 13.7 Å². The van der Waals surface area contributed by atoms with E-state index in [4.69, 9.17) is 8.94 Å². The number of aryl methyl sites for hydroxylation is 3. The second kappa shape index (κ2) is 6.15. The Labute approximate surface area is 149 Å². The first-order valence-corrected chi connectivity index (χ1v) is 8.22. The number of carbonyl (C=O) groups is 1. The molecule has 0 radical (unpaired) electrons. The maximum atomic E-state index is 13.0. The molecule has 1 N–H and O–H groups in total. The van der Waals surface area contributed by atoms with Crippen molar-refractivity contribution in [3.05, 3.63) is 65.0 Å². The van der Waals surface area contributed by atoms with E-state index in [0.29, 0.717) is 33.8 Å². The van der Waals surface area contributed by atoms with Gasteiger partial charge in [0, 0.05) is 5.69 Å². The number of amides is 1. The maximum Gasteiger partial charge on any atom is 0.259 e. The molecule has 0 aliphatic rings. The van der Waals surface area contributed by atoms with Gasteiger partial charge in [-0.1, -0.05) is 11.2 Å². The van der Waals surface area contributed by atoms with Gasteiger partial charge in [-0.15, -0.1) is 0 Å². The molecule has 3 heterocycles. The van der Waals surface area contributed by atoms with Gasteiger partial charge in [0.1, 0.15) is 5.69 Å². The lowest BCUT2D eigenvalue weighted by Gasteiger charge is -2.09. The zero-order chi connectivity index (χ0) is 18.3. The van der Waals surface area contributed by atoms with Gasteiger partial charge >= 0.3 is 0 Å². The molecule has 0 saturated carbocycles. The van der Waals surface area contributed by atoms with Crippen LogP contribution < -0.4 is 5.32 Å². The molecule has 3 aromatic heterocycles. The molecule has 0 bridgehead atoms. The number of pyridine rings is 1. The van der Waals surface area contributed by atoms with Crippen LogP contribution in [0.5, 0.6) is 0 Å². The number of fused-ring (bicyclic) bond motifs is 1. The van der Waals surface area contributed by atoms with Gasteiger partial charge < -0.3 is 14.3 Å². The van der Waals surface area contributed by atoms with Crippen molar-refractivity contribution in [2.75, 3.05) is 5.32 Å². The highest BCUT2D eigenvalue weighted by Crippen LogP contribution is 2.28. The van der Waals surface area contributed by atoms with E-state index in [1.807, 2.05) is 32.0 Å². The molecule has 0 spiro atoms. The number of rotatable bonds is 3. The zero-order valence-corrected chi connectivity index (χ0v) is 14.7. The highest BCUT2D eigenvalue weighted by Gasteiger charge is 2.20. The Bertz CT molecular complexity index is 1110. The number of hydrogen-bond acceptors (Lipinski definition) is 5. The third-order valence-corrected chi connectivity index (χ3v) is 4.40. The lowest BCUT2D eigenvalue weighted by Crippen LogP contribution is -2.13. The fraction of sp³-hybridized carbons (Fsp3) is 0.150. The van der Waals surface area contributed by atoms with Gasteiger partial charge in [-0.25, -0.2) is 4.98 Å². The number of anilines is 1. The number of hydrogen-bond donors (Lipinski definition) is 1. The van der Waals surface area contributed by atoms with E-state index in [0.717, 1.165) is 11.3 Å². The molecule has 0 aliphatic heterocycles. The summed E-state index contributed by atoms with van der Waals surface area (Å²) in [5.74, 6) is 0.306. The zero-order valence-electron chi connectivity index (χ0n) is 14.7. The van der Waals surface area contributed by atoms with Gasteiger partial charge in [-0.3, -0.25) is 4.79 Å². The first kappa shape index (κ1) is 16.1. The summed E-state index contributed by atoms with van der Waals surface area (Å²) in [6, 6.07) is 11.0. The summed E-state index contributed by atoms with van der Waals surface area (Å²) in [7, 11) is 0. The molecule has 4 aromatic rings. The van der Waals surface area contributed by atoms with Crippen LogP contribution in [0.15, 0.2) is 51.6 Å². The van der Waals surface area contributed by atoms with Crippen LogP contribution in [0.25, 0.3) is 22.6 Å². The van der Waals surface area contributed by atoms with E-state index in [-0.39, 0.29) is 5.91 Å². The summed E-state index contributed by atoms with van der Waals surface area (Å²) in [4.78, 5) is 17.4. The lowest BCUT2D eigenvalue weighted by molar-refractivity contribution is 0.102. The third kappa shape index (κ3) is 2.75. The standard InChI is InChI=1S/C20H17N3O3/c1-11-6-7-14(9-12(11)2)21-19(24)15-10-16(17-5-4-8-25-17)22-20-18(15)13(3)23-26-20/h4-10H,1-3H3,(H,21,24). The van der Waals surface area contributed by atoms with Gasteiger partial charge in [0.2, 0.25) is 0 Å². The normalized spacial score (nSPS) is 11.0. The Kier molecular flexibility index (Phi) is 3.80. The van der Waals surface area contributed by atoms with Gasteiger partial charge in [-0.05, 0) is 62.2 Å². The molecule has 0 aliphatic carbocycles. The van der Waals surface area contributed by atoms with E-state index in [1.165, 1.54) is 5.56 Å². The van der Waals surface area contributed by atoms with Crippen molar-refractivity contribution >= 4 is 22.7 Å². The van der Waals surface area contributed by atoms with Crippen LogP contribution in [0, 0.1) is 20.8 Å². The van der Waals surface area contributed by atoms with Crippen molar-refractivity contribution in [2.24, 2.45) is 0 Å². The molecule has 0 saturated heterocycles. The molecule has 0 fully saturated rings. The van der Waals surface area contributed by atoms with E-state index < -0.39 is 0 Å². The number of benzene rings is 1. The average molecular weight is 347 g/mol. The minimum absolute atomic E-state index is 0.250. The van der Waals surface area contributed by atoms with Crippen LogP contribution in [0.3, 0.4) is 0 Å². The molecule has 6 heteroatoms. The third-order valence-electron chi connectivity index (χ3n) is 4.40. The Morgan fingerprint density at radius 1 is 1.08 bits per heavy atom. The lowest BCUT2D eigenvalue weighted by atomic mass is 10.1. The summed E-state index contributed by atoms with van der Waals surface area (Å²) in [6.07, 6.45) is 1.56. The van der Waals surface area contributed by atoms with Crippen LogP contribution in [0.2, 0.25) is 0 Å². The van der Waals surface area contributed by atoms with Crippen LogP contribution in [0.4, 0.5) is 5.69 Å². The molecule has 130 valence electrons. The molecular weight excluding hydrogens is 330 g/mol. The topological polar surface area (TPSA) is 81.2 Å². The molecule has 0 atom stereocenters. The van der Waals surface area contributed by atoms with Crippen LogP contribution in [-0.2, 0) is 0 Å². The van der Waals surface area contributed by atoms with Crippen molar-refractivity contribution in [1.29, 1.82) is 0 Å².